The molecule has 4 aromatic carbocycles. The number of anilines is 2. The van der Waals surface area contributed by atoms with Crippen molar-refractivity contribution in [3.63, 3.8) is 0 Å². The zero-order valence-corrected chi connectivity index (χ0v) is 26.8. The van der Waals surface area contributed by atoms with Crippen LogP contribution in [0.5, 0.6) is 0 Å². The van der Waals surface area contributed by atoms with E-state index in [0.717, 1.165) is 16.8 Å². The molecule has 0 saturated heterocycles. The third kappa shape index (κ3) is 14.4. The second-order valence-electron chi connectivity index (χ2n) is 10.6. The monoisotopic (exact) mass is 594 g/mol. The minimum absolute atomic E-state index is 0.00299. The van der Waals surface area contributed by atoms with Crippen LogP contribution in [0, 0.1) is 13.8 Å². The lowest BCUT2D eigenvalue weighted by Gasteiger charge is -2.25. The smallest absolute Gasteiger partial charge is 0.251 e. The Morgan fingerprint density at radius 3 is 1.51 bits per heavy atom. The molecule has 4 rings (SSSR count). The van der Waals surface area contributed by atoms with Gasteiger partial charge in [-0.3, -0.25) is 9.59 Å². The lowest BCUT2D eigenvalue weighted by Crippen LogP contribution is -2.35. The Morgan fingerprint density at radius 2 is 1.09 bits per heavy atom. The van der Waals surface area contributed by atoms with Crippen LogP contribution in [0.25, 0.3) is 12.2 Å². The summed E-state index contributed by atoms with van der Waals surface area (Å²) < 4.78 is 0. The number of hydrogen-bond donors (Lipinski definition) is 1. The summed E-state index contributed by atoms with van der Waals surface area (Å²) in [5, 5.41) is 2.86. The van der Waals surface area contributed by atoms with Crippen molar-refractivity contribution in [1.82, 2.24) is 0 Å². The van der Waals surface area contributed by atoms with Crippen LogP contribution in [0.1, 0.15) is 49.9 Å². The Balaban J connectivity index is 0.000000248. The second-order valence-corrected chi connectivity index (χ2v) is 11.0. The van der Waals surface area contributed by atoms with E-state index in [4.69, 9.17) is 11.6 Å². The molecule has 0 spiro atoms. The molecular formula is C38H43ClN2O2. The number of aryl methyl sites for hydroxylation is 2. The van der Waals surface area contributed by atoms with Crippen LogP contribution in [-0.4, -0.2) is 23.2 Å². The van der Waals surface area contributed by atoms with E-state index in [2.05, 4.69) is 38.2 Å². The van der Waals surface area contributed by atoms with Crippen LogP contribution < -0.4 is 10.2 Å². The molecule has 0 unspecified atom stereocenters. The molecule has 0 aliphatic rings. The normalized spacial score (nSPS) is 10.6. The van der Waals surface area contributed by atoms with Crippen LogP contribution in [0.2, 0.25) is 0 Å². The van der Waals surface area contributed by atoms with Gasteiger partial charge in [-0.05, 0) is 101 Å². The summed E-state index contributed by atoms with van der Waals surface area (Å²) in [6.07, 6.45) is 6.53. The molecule has 0 aliphatic carbocycles. The van der Waals surface area contributed by atoms with Gasteiger partial charge in [-0.15, -0.1) is 0 Å². The maximum absolute atomic E-state index is 12.5. The fourth-order valence-electron chi connectivity index (χ4n) is 3.90. The third-order valence-electron chi connectivity index (χ3n) is 6.00. The molecule has 0 aliphatic heterocycles. The van der Waals surface area contributed by atoms with Gasteiger partial charge in [0.15, 0.2) is 0 Å². The molecule has 5 heteroatoms. The van der Waals surface area contributed by atoms with Crippen molar-refractivity contribution in [3.8, 4) is 0 Å². The number of amides is 1. The largest absolute Gasteiger partial charge is 0.383 e. The quantitative estimate of drug-likeness (QED) is 0.163. The number of hydrogen-bond acceptors (Lipinski definition) is 3. The molecule has 0 heterocycles. The number of allylic oxidation sites excluding steroid dienone is 1. The van der Waals surface area contributed by atoms with E-state index in [0.29, 0.717) is 6.04 Å². The molecule has 0 bridgehead atoms. The number of nitrogens with zero attached hydrogens (tertiary/aromatic N) is 1. The topological polar surface area (TPSA) is 49.4 Å². The summed E-state index contributed by atoms with van der Waals surface area (Å²) in [5.74, 6) is -0.00299. The first-order chi connectivity index (χ1) is 20.5. The zero-order chi connectivity index (χ0) is 31.6. The van der Waals surface area contributed by atoms with Gasteiger partial charge >= 0.3 is 0 Å². The average molecular weight is 595 g/mol. The van der Waals surface area contributed by atoms with E-state index in [-0.39, 0.29) is 11.9 Å². The molecule has 224 valence electrons. The summed E-state index contributed by atoms with van der Waals surface area (Å²) in [6.45, 7) is 12.4. The number of halogens is 1. The van der Waals surface area contributed by atoms with Crippen molar-refractivity contribution in [2.75, 3.05) is 10.2 Å². The second kappa shape index (κ2) is 18.9. The first-order valence-electron chi connectivity index (χ1n) is 14.4. The van der Waals surface area contributed by atoms with E-state index < -0.39 is 5.24 Å². The number of carbonyl (C=O) groups excluding carboxylic acids is 2. The van der Waals surface area contributed by atoms with Crippen LogP contribution in [-0.2, 0) is 9.59 Å². The summed E-state index contributed by atoms with van der Waals surface area (Å²) in [6, 6.07) is 36.6. The molecule has 0 saturated carbocycles. The van der Waals surface area contributed by atoms with Crippen molar-refractivity contribution in [2.24, 2.45) is 0 Å². The molecule has 1 amide bonds. The Kier molecular flexibility index (Phi) is 15.3. The summed E-state index contributed by atoms with van der Waals surface area (Å²) in [7, 11) is 0. The van der Waals surface area contributed by atoms with Gasteiger partial charge in [-0.25, -0.2) is 0 Å². The van der Waals surface area contributed by atoms with Crippen molar-refractivity contribution < 1.29 is 9.59 Å². The van der Waals surface area contributed by atoms with Crippen molar-refractivity contribution in [1.29, 1.82) is 0 Å². The average Bonchev–Trinajstić information content (AvgIpc) is 2.98. The minimum Gasteiger partial charge on any atom is -0.383 e. The Morgan fingerprint density at radius 1 is 0.651 bits per heavy atom. The molecular weight excluding hydrogens is 552 g/mol. The SMILES string of the molecule is CC(C)Nc1ccccc1.Cc1ccc(/C=C/C(=O)Cl)cc1.Cc1ccc(/C=C/C(=O)N(c2ccccc2)C(C)C)cc1. The van der Waals surface area contributed by atoms with E-state index in [1.54, 1.807) is 17.1 Å². The Hall–Kier alpha value is -4.41. The predicted molar refractivity (Wildman–Crippen MR) is 186 cm³/mol. The maximum atomic E-state index is 12.5. The molecule has 0 radical (unpaired) electrons. The number of para-hydroxylation sites is 2. The third-order valence-corrected chi connectivity index (χ3v) is 6.12. The number of nitrogens with one attached hydrogen (secondary N) is 1. The van der Waals surface area contributed by atoms with E-state index >= 15 is 0 Å². The van der Waals surface area contributed by atoms with Crippen molar-refractivity contribution >= 4 is 46.3 Å². The first-order valence-corrected chi connectivity index (χ1v) is 14.8. The van der Waals surface area contributed by atoms with E-state index in [9.17, 15) is 9.59 Å². The highest BCUT2D eigenvalue weighted by Gasteiger charge is 2.16. The van der Waals surface area contributed by atoms with Crippen LogP contribution >= 0.6 is 11.6 Å². The van der Waals surface area contributed by atoms with Gasteiger partial charge in [-0.1, -0.05) is 102 Å². The molecule has 0 fully saturated rings. The predicted octanol–water partition coefficient (Wildman–Crippen LogP) is 9.73. The molecule has 4 aromatic rings. The molecule has 1 N–H and O–H groups in total. The molecule has 4 nitrogen and oxygen atoms in total. The van der Waals surface area contributed by atoms with Gasteiger partial charge in [0, 0.05) is 29.5 Å². The van der Waals surface area contributed by atoms with Gasteiger partial charge in [-0.2, -0.15) is 0 Å². The van der Waals surface area contributed by atoms with Crippen LogP contribution in [0.3, 0.4) is 0 Å². The van der Waals surface area contributed by atoms with E-state index in [1.807, 2.05) is 124 Å². The van der Waals surface area contributed by atoms with Gasteiger partial charge in [0.2, 0.25) is 5.24 Å². The Bertz CT molecular complexity index is 1430. The van der Waals surface area contributed by atoms with Crippen molar-refractivity contribution in [3.05, 3.63) is 144 Å². The lowest BCUT2D eigenvalue weighted by atomic mass is 10.1. The Labute approximate surface area is 262 Å². The van der Waals surface area contributed by atoms with Gasteiger partial charge in [0.25, 0.3) is 5.91 Å². The molecule has 43 heavy (non-hydrogen) atoms. The number of carbonyl (C=O) groups is 2. The highest BCUT2D eigenvalue weighted by atomic mass is 35.5. The number of benzene rings is 4. The van der Waals surface area contributed by atoms with Crippen LogP contribution in [0.15, 0.2) is 121 Å². The standard InChI is InChI=1S/C19H21NO.C10H9ClO.C9H13N/c1-15(2)20(18-7-5-4-6-8-18)19(21)14-13-17-11-9-16(3)10-12-17;1-8-2-4-9(5-3-8)6-7-10(11)12;1-8(2)10-9-6-4-3-5-7-9/h4-15H,1-3H3;2-7H,1H3;3-8,10H,1-2H3/b14-13+;7-6+;. The van der Waals surface area contributed by atoms with Crippen LogP contribution in [0.4, 0.5) is 11.4 Å². The summed E-state index contributed by atoms with van der Waals surface area (Å²) >= 11 is 5.13. The minimum atomic E-state index is -0.449. The summed E-state index contributed by atoms with van der Waals surface area (Å²) in [4.78, 5) is 24.6. The van der Waals surface area contributed by atoms with Crippen molar-refractivity contribution in [2.45, 2.75) is 53.6 Å². The van der Waals surface area contributed by atoms with Gasteiger partial charge in [0.1, 0.15) is 0 Å². The number of rotatable bonds is 8. The fraction of sp³-hybridized carbons (Fsp3) is 0.211. The zero-order valence-electron chi connectivity index (χ0n) is 26.0. The highest BCUT2D eigenvalue weighted by Crippen LogP contribution is 2.17. The van der Waals surface area contributed by atoms with E-state index in [1.165, 1.54) is 22.9 Å². The lowest BCUT2D eigenvalue weighted by molar-refractivity contribution is -0.114. The highest BCUT2D eigenvalue weighted by molar-refractivity contribution is 6.66. The fourth-order valence-corrected chi connectivity index (χ4v) is 3.96. The summed E-state index contributed by atoms with van der Waals surface area (Å²) in [5.41, 5.74) is 6.54. The molecule has 0 aromatic heterocycles. The first kappa shape index (κ1) is 34.8. The van der Waals surface area contributed by atoms with Gasteiger partial charge in [0.05, 0.1) is 0 Å². The molecule has 0 atom stereocenters. The van der Waals surface area contributed by atoms with Gasteiger partial charge < -0.3 is 10.2 Å². The maximum Gasteiger partial charge on any atom is 0.251 e.